The maximum absolute atomic E-state index is 13.4. The Labute approximate surface area is 112 Å². The van der Waals surface area contributed by atoms with Gasteiger partial charge in [-0.2, -0.15) is 0 Å². The second-order valence-corrected chi connectivity index (χ2v) is 4.79. The summed E-state index contributed by atoms with van der Waals surface area (Å²) in [4.78, 5) is 12.0. The molecule has 0 spiro atoms. The van der Waals surface area contributed by atoms with E-state index in [2.05, 4.69) is 5.32 Å². The van der Waals surface area contributed by atoms with Gasteiger partial charge in [-0.15, -0.1) is 0 Å². The number of halogens is 1. The minimum Gasteiger partial charge on any atom is -0.322 e. The van der Waals surface area contributed by atoms with Crippen LogP contribution in [-0.4, -0.2) is 5.91 Å². The molecule has 0 fully saturated rings. The lowest BCUT2D eigenvalue weighted by Gasteiger charge is -2.08. The Bertz CT molecular complexity index is 614. The lowest BCUT2D eigenvalue weighted by molar-refractivity contribution is 0.102. The Kier molecular flexibility index (Phi) is 3.65. The van der Waals surface area contributed by atoms with E-state index in [0.717, 1.165) is 16.8 Å². The zero-order valence-electron chi connectivity index (χ0n) is 11.3. The van der Waals surface area contributed by atoms with Gasteiger partial charge in [-0.1, -0.05) is 12.1 Å². The summed E-state index contributed by atoms with van der Waals surface area (Å²) in [5.74, 6) is -0.669. The van der Waals surface area contributed by atoms with Crippen LogP contribution in [0, 0.1) is 26.6 Å². The quantitative estimate of drug-likeness (QED) is 0.865. The number of nitrogens with one attached hydrogen (secondary N) is 1. The molecule has 0 radical (unpaired) electrons. The molecule has 3 heteroatoms. The molecule has 2 rings (SSSR count). The number of aryl methyl sites for hydroxylation is 3. The summed E-state index contributed by atoms with van der Waals surface area (Å²) in [5, 5.41) is 2.78. The molecule has 0 aliphatic carbocycles. The molecule has 0 unspecified atom stereocenters. The third kappa shape index (κ3) is 3.19. The first-order valence-electron chi connectivity index (χ1n) is 6.11. The van der Waals surface area contributed by atoms with Crippen LogP contribution in [0.3, 0.4) is 0 Å². The topological polar surface area (TPSA) is 29.1 Å². The number of rotatable bonds is 2. The number of carbonyl (C=O) groups is 1. The molecule has 0 aliphatic rings. The first-order chi connectivity index (χ1) is 8.95. The highest BCUT2D eigenvalue weighted by Crippen LogP contribution is 2.16. The molecule has 19 heavy (non-hydrogen) atoms. The number of hydrogen-bond donors (Lipinski definition) is 1. The van der Waals surface area contributed by atoms with Crippen molar-refractivity contribution in [2.45, 2.75) is 20.8 Å². The highest BCUT2D eigenvalue weighted by molar-refractivity contribution is 6.04. The molecule has 2 aromatic carbocycles. The van der Waals surface area contributed by atoms with Gasteiger partial charge in [0, 0.05) is 11.3 Å². The Morgan fingerprint density at radius 3 is 2.21 bits per heavy atom. The van der Waals surface area contributed by atoms with Crippen LogP contribution in [0.15, 0.2) is 36.4 Å². The van der Waals surface area contributed by atoms with E-state index in [1.165, 1.54) is 6.07 Å². The molecule has 0 bridgehead atoms. The number of amides is 1. The van der Waals surface area contributed by atoms with E-state index < -0.39 is 0 Å². The molecular formula is C16H16FNO. The van der Waals surface area contributed by atoms with Crippen molar-refractivity contribution in [3.8, 4) is 0 Å². The van der Waals surface area contributed by atoms with Gasteiger partial charge in [0.2, 0.25) is 0 Å². The second kappa shape index (κ2) is 5.22. The summed E-state index contributed by atoms with van der Waals surface area (Å²) < 4.78 is 13.4. The van der Waals surface area contributed by atoms with Crippen molar-refractivity contribution in [1.29, 1.82) is 0 Å². The van der Waals surface area contributed by atoms with Gasteiger partial charge in [0.25, 0.3) is 5.91 Å². The monoisotopic (exact) mass is 257 g/mol. The molecule has 0 atom stereocenters. The predicted octanol–water partition coefficient (Wildman–Crippen LogP) is 4.00. The molecule has 0 saturated carbocycles. The van der Waals surface area contributed by atoms with Gasteiger partial charge in [-0.25, -0.2) is 4.39 Å². The van der Waals surface area contributed by atoms with E-state index in [1.54, 1.807) is 19.1 Å². The van der Waals surface area contributed by atoms with E-state index in [9.17, 15) is 9.18 Å². The summed E-state index contributed by atoms with van der Waals surface area (Å²) in [7, 11) is 0. The maximum Gasteiger partial charge on any atom is 0.255 e. The fourth-order valence-corrected chi connectivity index (χ4v) is 1.98. The first-order valence-corrected chi connectivity index (χ1v) is 6.11. The first kappa shape index (κ1) is 13.3. The number of anilines is 1. The van der Waals surface area contributed by atoms with Gasteiger partial charge < -0.3 is 5.32 Å². The molecule has 1 amide bonds. The van der Waals surface area contributed by atoms with Gasteiger partial charge in [-0.3, -0.25) is 4.79 Å². The molecule has 1 N–H and O–H groups in total. The number of benzene rings is 2. The van der Waals surface area contributed by atoms with Crippen molar-refractivity contribution >= 4 is 11.6 Å². The van der Waals surface area contributed by atoms with Crippen LogP contribution >= 0.6 is 0 Å². The van der Waals surface area contributed by atoms with E-state index in [1.807, 2.05) is 32.0 Å². The lowest BCUT2D eigenvalue weighted by Crippen LogP contribution is -2.12. The number of hydrogen-bond acceptors (Lipinski definition) is 1. The van der Waals surface area contributed by atoms with Crippen LogP contribution in [0.4, 0.5) is 10.1 Å². The van der Waals surface area contributed by atoms with Crippen LogP contribution in [0.1, 0.15) is 27.0 Å². The average molecular weight is 257 g/mol. The molecular weight excluding hydrogens is 241 g/mol. The van der Waals surface area contributed by atoms with Gasteiger partial charge in [-0.05, 0) is 61.7 Å². The summed E-state index contributed by atoms with van der Waals surface area (Å²) >= 11 is 0. The van der Waals surface area contributed by atoms with Gasteiger partial charge in [0.15, 0.2) is 0 Å². The van der Waals surface area contributed by atoms with E-state index in [4.69, 9.17) is 0 Å². The van der Waals surface area contributed by atoms with Crippen molar-refractivity contribution in [1.82, 2.24) is 0 Å². The molecule has 98 valence electrons. The predicted molar refractivity (Wildman–Crippen MR) is 75.0 cm³/mol. The van der Waals surface area contributed by atoms with Gasteiger partial charge in [0.05, 0.1) is 0 Å². The third-order valence-electron chi connectivity index (χ3n) is 2.91. The van der Waals surface area contributed by atoms with Crippen LogP contribution < -0.4 is 5.32 Å². The molecule has 0 aromatic heterocycles. The van der Waals surface area contributed by atoms with E-state index in [-0.39, 0.29) is 11.7 Å². The molecule has 0 aliphatic heterocycles. The van der Waals surface area contributed by atoms with Crippen molar-refractivity contribution in [2.24, 2.45) is 0 Å². The summed E-state index contributed by atoms with van der Waals surface area (Å²) in [6, 6.07) is 10.3. The Morgan fingerprint density at radius 2 is 1.63 bits per heavy atom. The summed E-state index contributed by atoms with van der Waals surface area (Å²) in [5.41, 5.74) is 3.73. The van der Waals surface area contributed by atoms with E-state index >= 15 is 0 Å². The lowest BCUT2D eigenvalue weighted by atomic mass is 10.1. The SMILES string of the molecule is Cc1cc(C)cc(NC(=O)c2ccc(C)c(F)c2)c1. The smallest absolute Gasteiger partial charge is 0.255 e. The average Bonchev–Trinajstić information content (AvgIpc) is 2.31. The fraction of sp³-hybridized carbons (Fsp3) is 0.188. The standard InChI is InChI=1S/C16H16FNO/c1-10-6-11(2)8-14(7-10)18-16(19)13-5-4-12(3)15(17)9-13/h4-9H,1-3H3,(H,18,19). The maximum atomic E-state index is 13.4. The Balaban J connectivity index is 2.22. The Morgan fingerprint density at radius 1 is 1.00 bits per heavy atom. The zero-order valence-corrected chi connectivity index (χ0v) is 11.3. The fourth-order valence-electron chi connectivity index (χ4n) is 1.98. The highest BCUT2D eigenvalue weighted by Gasteiger charge is 2.08. The minimum atomic E-state index is -0.368. The van der Waals surface area contributed by atoms with E-state index in [0.29, 0.717) is 11.1 Å². The van der Waals surface area contributed by atoms with Crippen LogP contribution in [0.25, 0.3) is 0 Å². The molecule has 0 heterocycles. The zero-order chi connectivity index (χ0) is 14.0. The second-order valence-electron chi connectivity index (χ2n) is 4.79. The minimum absolute atomic E-state index is 0.302. The Hall–Kier alpha value is -2.16. The van der Waals surface area contributed by atoms with Crippen LogP contribution in [0.2, 0.25) is 0 Å². The van der Waals surface area contributed by atoms with Crippen LogP contribution in [0.5, 0.6) is 0 Å². The highest BCUT2D eigenvalue weighted by atomic mass is 19.1. The largest absolute Gasteiger partial charge is 0.322 e. The molecule has 2 nitrogen and oxygen atoms in total. The summed E-state index contributed by atoms with van der Waals surface area (Å²) in [6.07, 6.45) is 0. The third-order valence-corrected chi connectivity index (χ3v) is 2.91. The number of carbonyl (C=O) groups excluding carboxylic acids is 1. The van der Waals surface area contributed by atoms with Crippen molar-refractivity contribution in [3.05, 3.63) is 64.5 Å². The van der Waals surface area contributed by atoms with Gasteiger partial charge in [0.1, 0.15) is 5.82 Å². The normalized spacial score (nSPS) is 10.3. The molecule has 0 saturated heterocycles. The van der Waals surface area contributed by atoms with Crippen LogP contribution in [-0.2, 0) is 0 Å². The van der Waals surface area contributed by atoms with Crippen molar-refractivity contribution < 1.29 is 9.18 Å². The molecule has 2 aromatic rings. The summed E-state index contributed by atoms with van der Waals surface area (Å²) in [6.45, 7) is 5.60. The van der Waals surface area contributed by atoms with Gasteiger partial charge >= 0.3 is 0 Å². The van der Waals surface area contributed by atoms with Crippen molar-refractivity contribution in [3.63, 3.8) is 0 Å². The van der Waals surface area contributed by atoms with Crippen molar-refractivity contribution in [2.75, 3.05) is 5.32 Å².